The van der Waals surface area contributed by atoms with Crippen molar-refractivity contribution < 1.29 is 41.8 Å². The zero-order chi connectivity index (χ0) is 31.5. The highest BCUT2D eigenvalue weighted by molar-refractivity contribution is 8.00. The Morgan fingerprint density at radius 3 is 2.44 bits per heavy atom. The molecular formula is C26H33N6O8S3+. The summed E-state index contributed by atoms with van der Waals surface area (Å²) in [5.74, 6) is -1.71. The minimum atomic E-state index is -4.02. The fourth-order valence-corrected chi connectivity index (χ4v) is 7.50. The second-order valence-corrected chi connectivity index (χ2v) is 13.9. The summed E-state index contributed by atoms with van der Waals surface area (Å²) >= 11 is 2.61. The molecule has 3 aliphatic heterocycles. The van der Waals surface area contributed by atoms with Gasteiger partial charge in [-0.2, -0.15) is 8.42 Å². The molecule has 4 heterocycles. The molecule has 5 N–H and O–H groups in total. The van der Waals surface area contributed by atoms with Crippen LogP contribution in [-0.4, -0.2) is 107 Å². The van der Waals surface area contributed by atoms with Crippen molar-refractivity contribution in [1.82, 2.24) is 15.2 Å². The Morgan fingerprint density at radius 2 is 1.91 bits per heavy atom. The van der Waals surface area contributed by atoms with E-state index in [1.807, 2.05) is 6.92 Å². The number of oxime groups is 1. The van der Waals surface area contributed by atoms with E-state index < -0.39 is 39.3 Å². The first-order valence-electron chi connectivity index (χ1n) is 13.1. The molecule has 14 nitrogen and oxygen atoms in total. The lowest BCUT2D eigenvalue weighted by atomic mass is 10.0. The van der Waals surface area contributed by atoms with Crippen LogP contribution in [0.25, 0.3) is 0 Å². The molecule has 3 aliphatic rings. The molecule has 5 rings (SSSR count). The highest BCUT2D eigenvalue weighted by Crippen LogP contribution is 2.41. The maximum absolute atomic E-state index is 12.9. The molecule has 0 spiro atoms. The fourth-order valence-electron chi connectivity index (χ4n) is 5.13. The van der Waals surface area contributed by atoms with E-state index in [1.165, 1.54) is 35.9 Å². The van der Waals surface area contributed by atoms with Crippen molar-refractivity contribution in [3.05, 3.63) is 52.2 Å². The first kappa shape index (κ1) is 32.4. The highest BCUT2D eigenvalue weighted by atomic mass is 32.2. The lowest BCUT2D eigenvalue weighted by Gasteiger charge is -2.49. The van der Waals surface area contributed by atoms with E-state index in [0.29, 0.717) is 12.3 Å². The lowest BCUT2D eigenvalue weighted by Crippen LogP contribution is -2.71. The normalized spacial score (nSPS) is 21.3. The summed E-state index contributed by atoms with van der Waals surface area (Å²) in [4.78, 5) is 47.8. The zero-order valence-corrected chi connectivity index (χ0v) is 26.2. The molecule has 2 amide bonds. The van der Waals surface area contributed by atoms with Gasteiger partial charge in [0.25, 0.3) is 21.9 Å². The summed E-state index contributed by atoms with van der Waals surface area (Å²) in [6.45, 7) is 4.45. The molecule has 232 valence electrons. The van der Waals surface area contributed by atoms with Gasteiger partial charge in [0, 0.05) is 29.5 Å². The van der Waals surface area contributed by atoms with Gasteiger partial charge in [-0.15, -0.1) is 23.1 Å². The van der Waals surface area contributed by atoms with E-state index >= 15 is 0 Å². The van der Waals surface area contributed by atoms with Crippen LogP contribution in [0, 0.1) is 6.92 Å². The number of fused-ring (bicyclic) bond motifs is 1. The number of aliphatic carboxylic acids is 1. The number of aryl methyl sites for hydroxylation is 1. The highest BCUT2D eigenvalue weighted by Gasteiger charge is 2.55. The Hall–Kier alpha value is -3.51. The number of anilines is 1. The van der Waals surface area contributed by atoms with Gasteiger partial charge >= 0.3 is 5.97 Å². The van der Waals surface area contributed by atoms with Crippen LogP contribution in [0.1, 0.15) is 24.1 Å². The van der Waals surface area contributed by atoms with E-state index in [2.05, 4.69) is 22.5 Å². The van der Waals surface area contributed by atoms with Crippen molar-refractivity contribution >= 4 is 61.8 Å². The third-order valence-corrected chi connectivity index (χ3v) is 10.1. The van der Waals surface area contributed by atoms with Crippen molar-refractivity contribution in [1.29, 1.82) is 0 Å². The average Bonchev–Trinajstić information content (AvgIpc) is 3.57. The molecule has 2 atom stereocenters. The van der Waals surface area contributed by atoms with Gasteiger partial charge in [-0.25, -0.2) is 9.78 Å². The maximum atomic E-state index is 12.9. The zero-order valence-electron chi connectivity index (χ0n) is 23.7. The van der Waals surface area contributed by atoms with E-state index in [4.69, 9.17) is 15.1 Å². The van der Waals surface area contributed by atoms with Gasteiger partial charge in [0.2, 0.25) is 0 Å². The topological polar surface area (TPSA) is 202 Å². The summed E-state index contributed by atoms with van der Waals surface area (Å²) in [6.07, 6.45) is 2.24. The summed E-state index contributed by atoms with van der Waals surface area (Å²) in [5, 5.41) is 17.6. The summed E-state index contributed by atoms with van der Waals surface area (Å²) in [6, 6.07) is 5.12. The first-order chi connectivity index (χ1) is 20.2. The third-order valence-electron chi connectivity index (χ3n) is 7.24. The van der Waals surface area contributed by atoms with Gasteiger partial charge in [0.15, 0.2) is 10.8 Å². The average molecular weight is 654 g/mol. The summed E-state index contributed by atoms with van der Waals surface area (Å²) < 4.78 is 30.3. The van der Waals surface area contributed by atoms with Gasteiger partial charge in [-0.1, -0.05) is 22.9 Å². The molecule has 1 aromatic carbocycles. The molecule has 0 bridgehead atoms. The Labute approximate surface area is 256 Å². The number of nitrogens with two attached hydrogens (primary N) is 1. The van der Waals surface area contributed by atoms with Crippen molar-refractivity contribution in [2.45, 2.75) is 36.1 Å². The SMILES string of the molecule is CO/N=C(/C(=O)N[C@@H]1C(=O)N2C(C(=O)O)=C(C[N+]3(C)CCCC3)CS[C@H]12)c1csc(N)n1.Cc1ccc(S(=O)(=O)O)cc1. The number of nitrogens with zero attached hydrogens (tertiary/aromatic N) is 4. The Morgan fingerprint density at radius 1 is 1.26 bits per heavy atom. The molecule has 0 unspecified atom stereocenters. The Balaban J connectivity index is 0.000000324. The number of thiazole rings is 1. The number of β-lactam (4-membered cyclic amide) rings is 1. The second-order valence-electron chi connectivity index (χ2n) is 10.5. The minimum Gasteiger partial charge on any atom is -0.477 e. The molecular weight excluding hydrogens is 621 g/mol. The molecule has 43 heavy (non-hydrogen) atoms. The Kier molecular flexibility index (Phi) is 9.80. The molecule has 2 saturated heterocycles. The van der Waals surface area contributed by atoms with E-state index in [0.717, 1.165) is 52.9 Å². The number of hydrogen-bond acceptors (Lipinski definition) is 11. The quantitative estimate of drug-likeness (QED) is 0.105. The lowest BCUT2D eigenvalue weighted by molar-refractivity contribution is -0.893. The van der Waals surface area contributed by atoms with Crippen LogP contribution in [0.3, 0.4) is 0 Å². The van der Waals surface area contributed by atoms with Crippen LogP contribution >= 0.6 is 23.1 Å². The first-order valence-corrected chi connectivity index (χ1v) is 16.5. The van der Waals surface area contributed by atoms with E-state index in [9.17, 15) is 27.9 Å². The molecule has 1 aromatic heterocycles. The van der Waals surface area contributed by atoms with Crippen LogP contribution in [0.15, 0.2) is 51.0 Å². The van der Waals surface area contributed by atoms with Crippen LogP contribution in [0.5, 0.6) is 0 Å². The fraction of sp³-hybridized carbons (Fsp3) is 0.423. The van der Waals surface area contributed by atoms with Crippen molar-refractivity contribution in [2.24, 2.45) is 5.16 Å². The number of carbonyl (C=O) groups is 3. The second kappa shape index (κ2) is 13.0. The van der Waals surface area contributed by atoms with Gasteiger partial charge < -0.3 is 25.5 Å². The third kappa shape index (κ3) is 7.35. The predicted octanol–water partition coefficient (Wildman–Crippen LogP) is 1.30. The Bertz CT molecular complexity index is 1570. The van der Waals surface area contributed by atoms with Crippen LogP contribution in [0.2, 0.25) is 0 Å². The number of likely N-dealkylation sites (N-methyl/N-ethyl adjacent to an activating group) is 1. The van der Waals surface area contributed by atoms with Gasteiger partial charge in [-0.3, -0.25) is 19.0 Å². The predicted molar refractivity (Wildman–Crippen MR) is 161 cm³/mol. The minimum absolute atomic E-state index is 0.0496. The summed E-state index contributed by atoms with van der Waals surface area (Å²) in [7, 11) is -0.599. The number of amides is 2. The number of carbonyl (C=O) groups excluding carboxylic acids is 2. The van der Waals surface area contributed by atoms with Crippen molar-refractivity contribution in [2.75, 3.05) is 45.3 Å². The van der Waals surface area contributed by atoms with Gasteiger partial charge in [-0.05, 0) is 19.1 Å². The number of benzene rings is 1. The maximum Gasteiger partial charge on any atom is 0.352 e. The van der Waals surface area contributed by atoms with Crippen LogP contribution in [-0.2, 0) is 29.3 Å². The number of aromatic nitrogens is 1. The van der Waals surface area contributed by atoms with E-state index in [-0.39, 0.29) is 27.1 Å². The van der Waals surface area contributed by atoms with Crippen molar-refractivity contribution in [3.8, 4) is 0 Å². The largest absolute Gasteiger partial charge is 0.477 e. The number of thioether (sulfide) groups is 1. The van der Waals surface area contributed by atoms with Crippen LogP contribution in [0.4, 0.5) is 5.13 Å². The number of carboxylic acids is 1. The number of quaternary nitrogens is 1. The standard InChI is InChI=1S/C19H24N6O5S2.C7H8O3S/c1-25(5-3-4-6-25)7-10-8-31-17-13(16(27)24(17)14(10)18(28)29)22-15(26)12(23-30-2)11-9-32-19(20)21-11;1-6-2-4-7(5-3-6)11(8,9)10/h9,13,17H,3-8H2,1-2H3,(H3-,20,21,22,26,28,29);2-5H,1H3,(H,8,9,10)/p+1/b23-12+;/t13-,17-;/m1./s1. The summed E-state index contributed by atoms with van der Waals surface area (Å²) in [5.41, 5.74) is 7.54. The molecule has 0 radical (unpaired) electrons. The van der Waals surface area contributed by atoms with Crippen molar-refractivity contribution in [3.63, 3.8) is 0 Å². The van der Waals surface area contributed by atoms with Crippen LogP contribution < -0.4 is 11.1 Å². The number of nitrogens with one attached hydrogen (secondary N) is 1. The number of hydrogen-bond donors (Lipinski definition) is 4. The molecule has 17 heteroatoms. The molecule has 0 aliphatic carbocycles. The van der Waals surface area contributed by atoms with E-state index in [1.54, 1.807) is 17.5 Å². The number of nitrogen functional groups attached to an aromatic ring is 1. The number of likely N-dealkylation sites (tertiary alicyclic amines) is 1. The number of carboxylic acid groups (broad SMARTS) is 1. The molecule has 0 saturated carbocycles. The number of rotatable bonds is 8. The molecule has 2 aromatic rings. The van der Waals surface area contributed by atoms with Gasteiger partial charge in [0.1, 0.15) is 36.5 Å². The smallest absolute Gasteiger partial charge is 0.352 e. The molecule has 2 fully saturated rings. The monoisotopic (exact) mass is 653 g/mol. The van der Waals surface area contributed by atoms with Gasteiger partial charge in [0.05, 0.1) is 25.0 Å².